The standard InChI is InChI=1S/C16H15NO5S/c1-22-15-11(9-10-5-3-2-4-6-10)13(18)16-12(14(15)19)17-7-8-23(16,20)21/h2-6,17H,7-9H2,1H3. The number of Topliss-reactive ketones (excluding diaryl/α,β-unsaturated/α-hetero) is 2. The van der Waals surface area contributed by atoms with E-state index in [1.54, 1.807) is 24.3 Å². The van der Waals surface area contributed by atoms with Gasteiger partial charge in [0, 0.05) is 13.0 Å². The Morgan fingerprint density at radius 1 is 1.13 bits per heavy atom. The number of methoxy groups -OCH3 is 1. The Morgan fingerprint density at radius 2 is 1.83 bits per heavy atom. The van der Waals surface area contributed by atoms with Gasteiger partial charge in [-0.05, 0) is 5.56 Å². The second-order valence-corrected chi connectivity index (χ2v) is 7.33. The van der Waals surface area contributed by atoms with E-state index >= 15 is 0 Å². The predicted octanol–water partition coefficient (Wildman–Crippen LogP) is 0.511. The average Bonchev–Trinajstić information content (AvgIpc) is 2.52. The molecule has 1 heterocycles. The van der Waals surface area contributed by atoms with Crippen LogP contribution in [0.1, 0.15) is 5.56 Å². The van der Waals surface area contributed by atoms with Crippen LogP contribution in [0, 0.1) is 0 Å². The summed E-state index contributed by atoms with van der Waals surface area (Å²) in [5.41, 5.74) is 0.702. The third-order valence-electron chi connectivity index (χ3n) is 3.83. The molecule has 0 aromatic heterocycles. The van der Waals surface area contributed by atoms with Gasteiger partial charge in [0.25, 0.3) is 0 Å². The summed E-state index contributed by atoms with van der Waals surface area (Å²) in [4.78, 5) is 24.8. The molecule has 0 amide bonds. The summed E-state index contributed by atoms with van der Waals surface area (Å²) in [5.74, 6) is -1.54. The van der Waals surface area contributed by atoms with Gasteiger partial charge in [0.2, 0.25) is 11.6 Å². The average molecular weight is 333 g/mol. The van der Waals surface area contributed by atoms with Crippen LogP contribution in [0.5, 0.6) is 0 Å². The van der Waals surface area contributed by atoms with Gasteiger partial charge in [0.1, 0.15) is 10.6 Å². The quantitative estimate of drug-likeness (QED) is 0.811. The van der Waals surface area contributed by atoms with Crippen molar-refractivity contribution in [3.8, 4) is 0 Å². The highest BCUT2D eigenvalue weighted by Crippen LogP contribution is 2.31. The molecule has 2 aliphatic rings. The van der Waals surface area contributed by atoms with E-state index in [0.29, 0.717) is 0 Å². The molecule has 0 saturated carbocycles. The number of hydrogen-bond acceptors (Lipinski definition) is 6. The van der Waals surface area contributed by atoms with E-state index in [4.69, 9.17) is 4.74 Å². The number of benzene rings is 1. The Kier molecular flexibility index (Phi) is 3.81. The van der Waals surface area contributed by atoms with Gasteiger partial charge in [-0.3, -0.25) is 9.59 Å². The lowest BCUT2D eigenvalue weighted by Crippen LogP contribution is -2.42. The highest BCUT2D eigenvalue weighted by Gasteiger charge is 2.43. The van der Waals surface area contributed by atoms with E-state index in [1.807, 2.05) is 6.07 Å². The van der Waals surface area contributed by atoms with Gasteiger partial charge in [-0.15, -0.1) is 0 Å². The highest BCUT2D eigenvalue weighted by atomic mass is 32.2. The molecular formula is C16H15NO5S. The van der Waals surface area contributed by atoms with Gasteiger partial charge < -0.3 is 10.1 Å². The molecule has 1 aliphatic carbocycles. The zero-order chi connectivity index (χ0) is 16.6. The van der Waals surface area contributed by atoms with Gasteiger partial charge >= 0.3 is 0 Å². The summed E-state index contributed by atoms with van der Waals surface area (Å²) in [6.45, 7) is 0.102. The smallest absolute Gasteiger partial charge is 0.245 e. The number of ketones is 2. The van der Waals surface area contributed by atoms with E-state index in [9.17, 15) is 18.0 Å². The maximum absolute atomic E-state index is 12.7. The van der Waals surface area contributed by atoms with E-state index in [1.165, 1.54) is 7.11 Å². The van der Waals surface area contributed by atoms with Crippen LogP contribution in [0.3, 0.4) is 0 Å². The molecule has 1 aromatic rings. The molecule has 0 spiro atoms. The summed E-state index contributed by atoms with van der Waals surface area (Å²) in [7, 11) is -2.47. The molecule has 0 fully saturated rings. The fourth-order valence-electron chi connectivity index (χ4n) is 2.75. The summed E-state index contributed by atoms with van der Waals surface area (Å²) in [5, 5.41) is 2.72. The summed E-state index contributed by atoms with van der Waals surface area (Å²) in [6, 6.07) is 9.05. The van der Waals surface area contributed by atoms with E-state index < -0.39 is 26.3 Å². The largest absolute Gasteiger partial charge is 0.492 e. The van der Waals surface area contributed by atoms with Crippen LogP contribution >= 0.6 is 0 Å². The van der Waals surface area contributed by atoms with Crippen molar-refractivity contribution in [2.75, 3.05) is 19.4 Å². The molecule has 1 aliphatic heterocycles. The monoisotopic (exact) mass is 333 g/mol. The van der Waals surface area contributed by atoms with Crippen molar-refractivity contribution >= 4 is 21.4 Å². The lowest BCUT2D eigenvalue weighted by molar-refractivity contribution is -0.118. The molecule has 7 heteroatoms. The van der Waals surface area contributed by atoms with Crippen molar-refractivity contribution in [3.63, 3.8) is 0 Å². The first kappa shape index (κ1) is 15.5. The van der Waals surface area contributed by atoms with Gasteiger partial charge in [-0.2, -0.15) is 0 Å². The van der Waals surface area contributed by atoms with Crippen LogP contribution < -0.4 is 5.32 Å². The van der Waals surface area contributed by atoms with Crippen LogP contribution in [0.4, 0.5) is 0 Å². The Labute approximate surface area is 133 Å². The molecule has 0 bridgehead atoms. The van der Waals surface area contributed by atoms with E-state index in [-0.39, 0.29) is 35.7 Å². The predicted molar refractivity (Wildman–Crippen MR) is 83.0 cm³/mol. The third-order valence-corrected chi connectivity index (χ3v) is 5.58. The molecule has 6 nitrogen and oxygen atoms in total. The summed E-state index contributed by atoms with van der Waals surface area (Å²) >= 11 is 0. The molecule has 1 N–H and O–H groups in total. The van der Waals surface area contributed by atoms with Gasteiger partial charge in [0.15, 0.2) is 15.6 Å². The maximum atomic E-state index is 12.7. The number of nitrogens with one attached hydrogen (secondary N) is 1. The number of carbonyl (C=O) groups excluding carboxylic acids is 2. The zero-order valence-electron chi connectivity index (χ0n) is 12.5. The zero-order valence-corrected chi connectivity index (χ0v) is 13.3. The normalized spacial score (nSPS) is 20.2. The van der Waals surface area contributed by atoms with E-state index in [2.05, 4.69) is 5.32 Å². The molecule has 1 aromatic carbocycles. The molecule has 0 atom stereocenters. The minimum Gasteiger partial charge on any atom is -0.492 e. The van der Waals surface area contributed by atoms with Crippen molar-refractivity contribution in [2.24, 2.45) is 0 Å². The van der Waals surface area contributed by atoms with Crippen molar-refractivity contribution in [2.45, 2.75) is 6.42 Å². The van der Waals surface area contributed by atoms with Crippen molar-refractivity contribution in [1.82, 2.24) is 5.32 Å². The molecule has 0 radical (unpaired) electrons. The van der Waals surface area contributed by atoms with Crippen molar-refractivity contribution < 1.29 is 22.7 Å². The minimum absolute atomic E-state index is 0.0784. The number of sulfone groups is 1. The van der Waals surface area contributed by atoms with E-state index in [0.717, 1.165) is 5.56 Å². The third kappa shape index (κ3) is 2.57. The Morgan fingerprint density at radius 3 is 2.48 bits per heavy atom. The van der Waals surface area contributed by atoms with Gasteiger partial charge in [-0.1, -0.05) is 30.3 Å². The number of ether oxygens (including phenoxy) is 1. The van der Waals surface area contributed by atoms with Crippen LogP contribution in [0.25, 0.3) is 0 Å². The molecule has 0 saturated heterocycles. The topological polar surface area (TPSA) is 89.5 Å². The van der Waals surface area contributed by atoms with Crippen molar-refractivity contribution in [3.05, 3.63) is 57.8 Å². The lowest BCUT2D eigenvalue weighted by Gasteiger charge is -2.26. The Hall–Kier alpha value is -2.41. The summed E-state index contributed by atoms with van der Waals surface area (Å²) in [6.07, 6.45) is 0.140. The van der Waals surface area contributed by atoms with Crippen LogP contribution in [-0.2, 0) is 30.6 Å². The van der Waals surface area contributed by atoms with Crippen LogP contribution in [0.2, 0.25) is 0 Å². The first-order valence-electron chi connectivity index (χ1n) is 7.07. The van der Waals surface area contributed by atoms with Crippen molar-refractivity contribution in [1.29, 1.82) is 0 Å². The van der Waals surface area contributed by atoms with Gasteiger partial charge in [-0.25, -0.2) is 8.42 Å². The number of hydrogen-bond donors (Lipinski definition) is 1. The van der Waals surface area contributed by atoms with Crippen LogP contribution in [0.15, 0.2) is 52.3 Å². The molecule has 0 unspecified atom stereocenters. The number of carbonyl (C=O) groups is 2. The minimum atomic E-state index is -3.77. The molecule has 120 valence electrons. The molecule has 3 rings (SSSR count). The fraction of sp³-hybridized carbons (Fsp3) is 0.250. The first-order chi connectivity index (χ1) is 11.0. The number of allylic oxidation sites excluding steroid dienone is 2. The molecule has 23 heavy (non-hydrogen) atoms. The maximum Gasteiger partial charge on any atom is 0.245 e. The van der Waals surface area contributed by atoms with Crippen LogP contribution in [-0.4, -0.2) is 39.4 Å². The fourth-order valence-corrected chi connectivity index (χ4v) is 4.21. The molecular weight excluding hydrogens is 318 g/mol. The highest BCUT2D eigenvalue weighted by molar-refractivity contribution is 7.96. The van der Waals surface area contributed by atoms with Gasteiger partial charge in [0.05, 0.1) is 18.4 Å². The second kappa shape index (κ2) is 5.66. The Bertz CT molecular complexity index is 850. The second-order valence-electron chi connectivity index (χ2n) is 5.28. The SMILES string of the molecule is COC1=C(Cc2ccccc2)C(=O)C2=C(NCCS2(=O)=O)C1=O. The summed E-state index contributed by atoms with van der Waals surface area (Å²) < 4.78 is 29.6. The Balaban J connectivity index is 2.11. The lowest BCUT2D eigenvalue weighted by atomic mass is 9.93. The first-order valence-corrected chi connectivity index (χ1v) is 8.72. The number of rotatable bonds is 3.